The van der Waals surface area contributed by atoms with Gasteiger partial charge in [-0.25, -0.2) is 4.98 Å². The molecule has 2 N–H and O–H groups in total. The Morgan fingerprint density at radius 1 is 1.30 bits per heavy atom. The highest BCUT2D eigenvalue weighted by molar-refractivity contribution is 6.02. The number of imidazole rings is 1. The lowest BCUT2D eigenvalue weighted by molar-refractivity contribution is 0.786. The van der Waals surface area contributed by atoms with Crippen LogP contribution in [0.4, 0.5) is 5.69 Å². The van der Waals surface area contributed by atoms with Crippen LogP contribution >= 0.6 is 0 Å². The predicted molar refractivity (Wildman–Crippen MR) is 113 cm³/mol. The van der Waals surface area contributed by atoms with Gasteiger partial charge in [0.1, 0.15) is 11.5 Å². The molecule has 6 heteroatoms. The van der Waals surface area contributed by atoms with Gasteiger partial charge in [-0.15, -0.1) is 0 Å². The van der Waals surface area contributed by atoms with E-state index in [1.165, 1.54) is 0 Å². The summed E-state index contributed by atoms with van der Waals surface area (Å²) >= 11 is 0. The van der Waals surface area contributed by atoms with Crippen LogP contribution < -0.4 is 10.2 Å². The molecule has 0 saturated carbocycles. The highest BCUT2D eigenvalue weighted by Gasteiger charge is 2.27. The van der Waals surface area contributed by atoms with Crippen molar-refractivity contribution in [3.8, 4) is 0 Å². The maximum Gasteiger partial charge on any atom is 0.151 e. The Hall–Kier alpha value is -3.15. The molecule has 1 aromatic carbocycles. The van der Waals surface area contributed by atoms with Gasteiger partial charge in [0, 0.05) is 37.3 Å². The number of nitrogens with zero attached hydrogens (tertiary/aromatic N) is 4. The Balaban J connectivity index is 1.61. The number of amidine groups is 1. The third-order valence-corrected chi connectivity index (χ3v) is 4.82. The second-order valence-electron chi connectivity index (χ2n) is 6.86. The van der Waals surface area contributed by atoms with Gasteiger partial charge in [0.25, 0.3) is 0 Å². The summed E-state index contributed by atoms with van der Waals surface area (Å²) in [6.07, 6.45) is 8.95. The minimum absolute atomic E-state index is 0.135. The van der Waals surface area contributed by atoms with Crippen molar-refractivity contribution in [1.29, 1.82) is 0 Å². The smallest absolute Gasteiger partial charge is 0.151 e. The second kappa shape index (κ2) is 6.87. The molecule has 2 heterocycles. The number of allylic oxidation sites excluding steroid dienone is 3. The van der Waals surface area contributed by atoms with Crippen LogP contribution in [0.25, 0.3) is 16.6 Å². The van der Waals surface area contributed by atoms with Crippen LogP contribution in [0.3, 0.4) is 0 Å². The maximum atomic E-state index is 4.78. The lowest BCUT2D eigenvalue weighted by Gasteiger charge is -2.14. The first kappa shape index (κ1) is 17.3. The monoisotopic (exact) mass is 360 g/mol. The molecular weight excluding hydrogens is 336 g/mol. The van der Waals surface area contributed by atoms with Gasteiger partial charge < -0.3 is 15.2 Å². The molecular formula is C21H24N6. The average molecular weight is 360 g/mol. The third-order valence-electron chi connectivity index (χ3n) is 4.82. The van der Waals surface area contributed by atoms with Crippen molar-refractivity contribution in [2.24, 2.45) is 9.98 Å². The van der Waals surface area contributed by atoms with Gasteiger partial charge in [-0.05, 0) is 44.5 Å². The molecule has 0 spiro atoms. The van der Waals surface area contributed by atoms with E-state index in [0.717, 1.165) is 51.8 Å². The molecule has 0 amide bonds. The first-order valence-electron chi connectivity index (χ1n) is 9.18. The summed E-state index contributed by atoms with van der Waals surface area (Å²) in [5.41, 5.74) is 6.23. The van der Waals surface area contributed by atoms with Crippen molar-refractivity contribution >= 4 is 34.3 Å². The van der Waals surface area contributed by atoms with Crippen molar-refractivity contribution in [2.75, 3.05) is 19.0 Å². The number of aromatic nitrogens is 2. The number of fused-ring (bicyclic) bond motifs is 2. The minimum Gasteiger partial charge on any atom is -0.378 e. The van der Waals surface area contributed by atoms with Gasteiger partial charge in [0.05, 0.1) is 17.1 Å². The Morgan fingerprint density at radius 3 is 2.89 bits per heavy atom. The van der Waals surface area contributed by atoms with E-state index in [-0.39, 0.29) is 6.04 Å². The van der Waals surface area contributed by atoms with Crippen LogP contribution in [0.15, 0.2) is 57.8 Å². The molecule has 1 aliphatic heterocycles. The third kappa shape index (κ3) is 3.18. The molecule has 0 radical (unpaired) electrons. The second-order valence-corrected chi connectivity index (χ2v) is 6.86. The number of aromatic amines is 1. The normalized spacial score (nSPS) is 19.6. The molecule has 138 valence electrons. The fraction of sp³-hybridized carbons (Fsp3) is 0.286. The van der Waals surface area contributed by atoms with Crippen LogP contribution in [0.2, 0.25) is 0 Å². The van der Waals surface area contributed by atoms with Gasteiger partial charge in [-0.1, -0.05) is 12.2 Å². The number of hydrogen-bond acceptors (Lipinski definition) is 5. The Labute approximate surface area is 159 Å². The molecule has 1 atom stereocenters. The zero-order chi connectivity index (χ0) is 19.0. The Bertz CT molecular complexity index is 1030. The molecule has 27 heavy (non-hydrogen) atoms. The largest absolute Gasteiger partial charge is 0.378 e. The van der Waals surface area contributed by atoms with Crippen LogP contribution in [0, 0.1) is 0 Å². The summed E-state index contributed by atoms with van der Waals surface area (Å²) < 4.78 is 0. The average Bonchev–Trinajstić information content (AvgIpc) is 3.28. The van der Waals surface area contributed by atoms with E-state index in [2.05, 4.69) is 50.5 Å². The topological polar surface area (TPSA) is 68.7 Å². The van der Waals surface area contributed by atoms with E-state index in [0.29, 0.717) is 0 Å². The number of H-pyrrole nitrogens is 1. The van der Waals surface area contributed by atoms with Crippen molar-refractivity contribution in [3.63, 3.8) is 0 Å². The number of rotatable bonds is 4. The highest BCUT2D eigenvalue weighted by Crippen LogP contribution is 2.30. The number of anilines is 1. The van der Waals surface area contributed by atoms with Gasteiger partial charge in [-0.2, -0.15) is 0 Å². The SMILES string of the molecule is CC=N/C(=C\C)C1=NC2CC=C(c3nc4ccc(N(C)C)cc4[nH]3)C=C2N1. The van der Waals surface area contributed by atoms with Crippen molar-refractivity contribution in [3.05, 3.63) is 53.6 Å². The van der Waals surface area contributed by atoms with Crippen molar-refractivity contribution in [1.82, 2.24) is 15.3 Å². The summed E-state index contributed by atoms with van der Waals surface area (Å²) in [7, 11) is 4.08. The van der Waals surface area contributed by atoms with Crippen LogP contribution in [-0.4, -0.2) is 42.2 Å². The molecule has 6 nitrogen and oxygen atoms in total. The van der Waals surface area contributed by atoms with E-state index in [4.69, 9.17) is 9.98 Å². The number of benzene rings is 1. The first-order chi connectivity index (χ1) is 13.1. The fourth-order valence-electron chi connectivity index (χ4n) is 3.37. The lowest BCUT2D eigenvalue weighted by Crippen LogP contribution is -2.21. The lowest BCUT2D eigenvalue weighted by atomic mass is 10.0. The zero-order valence-electron chi connectivity index (χ0n) is 16.1. The molecule has 4 rings (SSSR count). The van der Waals surface area contributed by atoms with Crippen LogP contribution in [0.1, 0.15) is 26.1 Å². The van der Waals surface area contributed by atoms with Gasteiger partial charge in [0.2, 0.25) is 0 Å². The number of hydrogen-bond donors (Lipinski definition) is 2. The van der Waals surface area contributed by atoms with Gasteiger partial charge >= 0.3 is 0 Å². The van der Waals surface area contributed by atoms with E-state index in [9.17, 15) is 0 Å². The van der Waals surface area contributed by atoms with Gasteiger partial charge in [0.15, 0.2) is 5.84 Å². The molecule has 0 bridgehead atoms. The summed E-state index contributed by atoms with van der Waals surface area (Å²) in [5, 5.41) is 3.43. The predicted octanol–water partition coefficient (Wildman–Crippen LogP) is 3.66. The Morgan fingerprint density at radius 2 is 2.15 bits per heavy atom. The van der Waals surface area contributed by atoms with E-state index < -0.39 is 0 Å². The molecule has 0 saturated heterocycles. The Kier molecular flexibility index (Phi) is 4.39. The number of aliphatic imine (C=N–C) groups is 2. The van der Waals surface area contributed by atoms with Gasteiger partial charge in [-0.3, -0.25) is 9.98 Å². The van der Waals surface area contributed by atoms with Crippen LogP contribution in [-0.2, 0) is 0 Å². The first-order valence-corrected chi connectivity index (χ1v) is 9.18. The standard InChI is InChI=1S/C21H24N6/c1-5-15(22-6-2)21-24-16-9-7-13(11-18(16)26-21)20-23-17-10-8-14(27(3)4)12-19(17)25-20/h5-8,10-12,16H,9H2,1-4H3,(H,23,25)(H,24,26)/b15-5-,22-6?. The van der Waals surface area contributed by atoms with E-state index in [1.807, 2.05) is 34.0 Å². The summed E-state index contributed by atoms with van der Waals surface area (Å²) in [4.78, 5) is 19.5. The maximum absolute atomic E-state index is 4.78. The molecule has 2 aromatic rings. The van der Waals surface area contributed by atoms with Crippen LogP contribution in [0.5, 0.6) is 0 Å². The minimum atomic E-state index is 0.135. The molecule has 1 aromatic heterocycles. The van der Waals surface area contributed by atoms with E-state index >= 15 is 0 Å². The zero-order valence-corrected chi connectivity index (χ0v) is 16.1. The fourth-order valence-corrected chi connectivity index (χ4v) is 3.37. The molecule has 1 unspecified atom stereocenters. The molecule has 1 aliphatic carbocycles. The van der Waals surface area contributed by atoms with E-state index in [1.54, 1.807) is 6.21 Å². The number of nitrogens with one attached hydrogen (secondary N) is 2. The summed E-state index contributed by atoms with van der Waals surface area (Å²) in [5.74, 6) is 1.72. The van der Waals surface area contributed by atoms with Crippen molar-refractivity contribution < 1.29 is 0 Å². The highest BCUT2D eigenvalue weighted by atomic mass is 15.1. The molecule has 0 fully saturated rings. The molecule has 2 aliphatic rings. The summed E-state index contributed by atoms with van der Waals surface area (Å²) in [6.45, 7) is 3.89. The summed E-state index contributed by atoms with van der Waals surface area (Å²) in [6, 6.07) is 6.40. The quantitative estimate of drug-likeness (QED) is 0.818. The van der Waals surface area contributed by atoms with Crippen molar-refractivity contribution in [2.45, 2.75) is 26.3 Å².